The molecule has 0 heterocycles. The van der Waals surface area contributed by atoms with Gasteiger partial charge in [-0.25, -0.2) is 0 Å². The Labute approximate surface area is 103 Å². The standard InChI is InChI=1S/C12H26O5/c1-8(5-4-6-9(2)14)11(7-13)17-12(16)10(3)15/h8-16H,4-7H2,1-3H3/t8-,9-,10?,11?,12+/m0/s1. The average molecular weight is 250 g/mol. The molecular formula is C12H26O5. The van der Waals surface area contributed by atoms with Crippen LogP contribution in [0.3, 0.4) is 0 Å². The van der Waals surface area contributed by atoms with Crippen LogP contribution in [0.5, 0.6) is 0 Å². The summed E-state index contributed by atoms with van der Waals surface area (Å²) < 4.78 is 5.17. The van der Waals surface area contributed by atoms with Crippen molar-refractivity contribution in [2.24, 2.45) is 5.92 Å². The van der Waals surface area contributed by atoms with Gasteiger partial charge >= 0.3 is 0 Å². The molecule has 0 rings (SSSR count). The molecular weight excluding hydrogens is 224 g/mol. The fourth-order valence-corrected chi connectivity index (χ4v) is 1.57. The summed E-state index contributed by atoms with van der Waals surface area (Å²) >= 11 is 0. The molecule has 5 heteroatoms. The van der Waals surface area contributed by atoms with Gasteiger partial charge in [0.1, 0.15) is 6.10 Å². The zero-order chi connectivity index (χ0) is 13.4. The second-order valence-electron chi connectivity index (χ2n) is 4.75. The Kier molecular flexibility index (Phi) is 8.72. The molecule has 0 bridgehead atoms. The predicted octanol–water partition coefficient (Wildman–Crippen LogP) is 0.250. The van der Waals surface area contributed by atoms with E-state index in [0.29, 0.717) is 6.42 Å². The fourth-order valence-electron chi connectivity index (χ4n) is 1.57. The Morgan fingerprint density at radius 3 is 2.00 bits per heavy atom. The van der Waals surface area contributed by atoms with Gasteiger partial charge in [0.25, 0.3) is 0 Å². The van der Waals surface area contributed by atoms with Crippen molar-refractivity contribution in [3.63, 3.8) is 0 Å². The third-order valence-corrected chi connectivity index (χ3v) is 2.82. The SMILES string of the molecule is CC(O)[C@H](O)OC(CO)[C@@H](C)CCC[C@H](C)O. The van der Waals surface area contributed by atoms with E-state index >= 15 is 0 Å². The Hall–Kier alpha value is -0.200. The minimum atomic E-state index is -1.27. The molecule has 0 spiro atoms. The highest BCUT2D eigenvalue weighted by molar-refractivity contribution is 4.68. The van der Waals surface area contributed by atoms with Crippen molar-refractivity contribution in [2.75, 3.05) is 6.61 Å². The Morgan fingerprint density at radius 2 is 1.59 bits per heavy atom. The van der Waals surface area contributed by atoms with Crippen molar-refractivity contribution < 1.29 is 25.2 Å². The lowest BCUT2D eigenvalue weighted by Crippen LogP contribution is -2.36. The van der Waals surface area contributed by atoms with E-state index in [1.54, 1.807) is 6.92 Å². The van der Waals surface area contributed by atoms with Crippen LogP contribution in [0.4, 0.5) is 0 Å². The number of hydrogen-bond acceptors (Lipinski definition) is 5. The molecule has 0 aliphatic rings. The predicted molar refractivity (Wildman–Crippen MR) is 64.3 cm³/mol. The third kappa shape index (κ3) is 7.68. The summed E-state index contributed by atoms with van der Waals surface area (Å²) in [6.07, 6.45) is -0.722. The third-order valence-electron chi connectivity index (χ3n) is 2.82. The first-order valence-electron chi connectivity index (χ1n) is 6.19. The molecule has 0 aromatic carbocycles. The van der Waals surface area contributed by atoms with E-state index in [0.717, 1.165) is 12.8 Å². The molecule has 0 radical (unpaired) electrons. The fraction of sp³-hybridized carbons (Fsp3) is 1.00. The molecule has 0 aliphatic carbocycles. The molecule has 17 heavy (non-hydrogen) atoms. The van der Waals surface area contributed by atoms with Crippen LogP contribution in [0.15, 0.2) is 0 Å². The largest absolute Gasteiger partial charge is 0.394 e. The van der Waals surface area contributed by atoms with Crippen LogP contribution in [0, 0.1) is 5.92 Å². The molecule has 0 amide bonds. The van der Waals surface area contributed by atoms with Crippen molar-refractivity contribution >= 4 is 0 Å². The maximum absolute atomic E-state index is 9.37. The topological polar surface area (TPSA) is 90.2 Å². The quantitative estimate of drug-likeness (QED) is 0.440. The summed E-state index contributed by atoms with van der Waals surface area (Å²) in [5, 5.41) is 36.8. The van der Waals surface area contributed by atoms with E-state index in [9.17, 15) is 5.11 Å². The molecule has 2 unspecified atom stereocenters. The van der Waals surface area contributed by atoms with Crippen LogP contribution < -0.4 is 0 Å². The van der Waals surface area contributed by atoms with E-state index in [4.69, 9.17) is 20.1 Å². The summed E-state index contributed by atoms with van der Waals surface area (Å²) in [6, 6.07) is 0. The second kappa shape index (κ2) is 8.83. The van der Waals surface area contributed by atoms with Crippen LogP contribution in [0.25, 0.3) is 0 Å². The van der Waals surface area contributed by atoms with Crippen LogP contribution in [0.2, 0.25) is 0 Å². The summed E-state index contributed by atoms with van der Waals surface area (Å²) in [6.45, 7) is 4.89. The van der Waals surface area contributed by atoms with Gasteiger partial charge in [-0.05, 0) is 32.6 Å². The molecule has 4 N–H and O–H groups in total. The van der Waals surface area contributed by atoms with Crippen molar-refractivity contribution in [3.8, 4) is 0 Å². The van der Waals surface area contributed by atoms with E-state index in [1.165, 1.54) is 6.92 Å². The van der Waals surface area contributed by atoms with Crippen molar-refractivity contribution in [3.05, 3.63) is 0 Å². The smallest absolute Gasteiger partial charge is 0.180 e. The Bertz CT molecular complexity index is 184. The van der Waals surface area contributed by atoms with Crippen molar-refractivity contribution in [1.29, 1.82) is 0 Å². The normalized spacial score (nSPS) is 20.6. The zero-order valence-electron chi connectivity index (χ0n) is 10.9. The summed E-state index contributed by atoms with van der Waals surface area (Å²) in [4.78, 5) is 0. The van der Waals surface area contributed by atoms with E-state index < -0.39 is 18.5 Å². The van der Waals surface area contributed by atoms with Gasteiger partial charge in [-0.2, -0.15) is 0 Å². The van der Waals surface area contributed by atoms with Gasteiger partial charge in [0.2, 0.25) is 0 Å². The van der Waals surface area contributed by atoms with Gasteiger partial charge in [-0.15, -0.1) is 0 Å². The highest BCUT2D eigenvalue weighted by Crippen LogP contribution is 2.17. The zero-order valence-corrected chi connectivity index (χ0v) is 10.9. The second-order valence-corrected chi connectivity index (χ2v) is 4.75. The number of aliphatic hydroxyl groups is 4. The summed E-state index contributed by atoms with van der Waals surface area (Å²) in [5.41, 5.74) is 0. The van der Waals surface area contributed by atoms with Gasteiger partial charge < -0.3 is 25.2 Å². The van der Waals surface area contributed by atoms with Crippen LogP contribution in [-0.4, -0.2) is 51.6 Å². The maximum atomic E-state index is 9.37. The summed E-state index contributed by atoms with van der Waals surface area (Å²) in [5.74, 6) is 0.0622. The lowest BCUT2D eigenvalue weighted by Gasteiger charge is -2.26. The van der Waals surface area contributed by atoms with Gasteiger partial charge in [0.05, 0.1) is 18.8 Å². The maximum Gasteiger partial charge on any atom is 0.180 e. The number of aliphatic hydroxyl groups excluding tert-OH is 4. The molecule has 0 aromatic rings. The molecule has 0 saturated heterocycles. The lowest BCUT2D eigenvalue weighted by molar-refractivity contribution is -0.200. The minimum absolute atomic E-state index is 0.0622. The van der Waals surface area contributed by atoms with Gasteiger partial charge in [-0.1, -0.05) is 13.3 Å². The van der Waals surface area contributed by atoms with Crippen LogP contribution in [-0.2, 0) is 4.74 Å². The molecule has 0 aromatic heterocycles. The first-order chi connectivity index (χ1) is 7.88. The van der Waals surface area contributed by atoms with Crippen molar-refractivity contribution in [2.45, 2.75) is 64.6 Å². The van der Waals surface area contributed by atoms with Gasteiger partial charge in [0.15, 0.2) is 6.29 Å². The van der Waals surface area contributed by atoms with E-state index in [-0.39, 0.29) is 18.6 Å². The molecule has 0 fully saturated rings. The van der Waals surface area contributed by atoms with Gasteiger partial charge in [-0.3, -0.25) is 0 Å². The van der Waals surface area contributed by atoms with Crippen LogP contribution in [0.1, 0.15) is 40.0 Å². The first-order valence-corrected chi connectivity index (χ1v) is 6.19. The number of ether oxygens (including phenoxy) is 1. The molecule has 5 nitrogen and oxygen atoms in total. The van der Waals surface area contributed by atoms with E-state index in [2.05, 4.69) is 0 Å². The molecule has 5 atom stereocenters. The van der Waals surface area contributed by atoms with E-state index in [1.807, 2.05) is 6.92 Å². The van der Waals surface area contributed by atoms with Crippen molar-refractivity contribution in [1.82, 2.24) is 0 Å². The van der Waals surface area contributed by atoms with Crippen LogP contribution >= 0.6 is 0 Å². The number of hydrogen-bond donors (Lipinski definition) is 4. The average Bonchev–Trinajstić information content (AvgIpc) is 2.24. The number of rotatable bonds is 9. The molecule has 0 aliphatic heterocycles. The van der Waals surface area contributed by atoms with Gasteiger partial charge in [0, 0.05) is 0 Å². The highest BCUT2D eigenvalue weighted by Gasteiger charge is 2.22. The molecule has 104 valence electrons. The molecule has 0 saturated carbocycles. The Morgan fingerprint density at radius 1 is 1.00 bits per heavy atom. The minimum Gasteiger partial charge on any atom is -0.394 e. The Balaban J connectivity index is 3.99. The summed E-state index contributed by atoms with van der Waals surface area (Å²) in [7, 11) is 0. The highest BCUT2D eigenvalue weighted by atomic mass is 16.6. The lowest BCUT2D eigenvalue weighted by atomic mass is 9.97. The monoisotopic (exact) mass is 250 g/mol. The first kappa shape index (κ1) is 16.8.